The fourth-order valence-electron chi connectivity index (χ4n) is 1.30. The van der Waals surface area contributed by atoms with E-state index in [1.807, 2.05) is 26.0 Å². The topological polar surface area (TPSA) is 37.3 Å². The van der Waals surface area contributed by atoms with Gasteiger partial charge >= 0.3 is 0 Å². The molecule has 1 N–H and O–H groups in total. The van der Waals surface area contributed by atoms with Gasteiger partial charge in [-0.25, -0.2) is 0 Å². The lowest BCUT2D eigenvalue weighted by Crippen LogP contribution is -2.04. The zero-order valence-corrected chi connectivity index (χ0v) is 8.29. The van der Waals surface area contributed by atoms with Crippen LogP contribution in [0.1, 0.15) is 18.1 Å². The van der Waals surface area contributed by atoms with Crippen LogP contribution in [-0.2, 0) is 11.0 Å². The summed E-state index contributed by atoms with van der Waals surface area (Å²) in [5, 5.41) is 0.597. The van der Waals surface area contributed by atoms with Crippen molar-refractivity contribution in [3.05, 3.63) is 29.3 Å². The van der Waals surface area contributed by atoms with Crippen LogP contribution in [0, 0.1) is 6.92 Å². The van der Waals surface area contributed by atoms with Crippen molar-refractivity contribution in [2.24, 2.45) is 0 Å². The van der Waals surface area contributed by atoms with Gasteiger partial charge in [0.15, 0.2) is 0 Å². The minimum atomic E-state index is -2.52. The number of rotatable bonds is 2. The van der Waals surface area contributed by atoms with Gasteiger partial charge < -0.3 is 4.89 Å². The summed E-state index contributed by atoms with van der Waals surface area (Å²) < 4.78 is 10.9. The molecule has 3 heteroatoms. The summed E-state index contributed by atoms with van der Waals surface area (Å²) in [7, 11) is -2.52. The summed E-state index contributed by atoms with van der Waals surface area (Å²) in [5.74, 6) is 0. The average Bonchev–Trinajstić information content (AvgIpc) is 2.04. The molecule has 1 aromatic carbocycles. The molecule has 0 aliphatic rings. The van der Waals surface area contributed by atoms with Crippen LogP contribution in [0.15, 0.2) is 18.2 Å². The molecule has 1 unspecified atom stereocenters. The van der Waals surface area contributed by atoms with Crippen molar-refractivity contribution in [2.75, 3.05) is 0 Å². The Hall–Kier alpha value is -0.590. The molecule has 1 rings (SSSR count). The lowest BCUT2D eigenvalue weighted by Gasteiger charge is -2.06. The molecule has 0 radical (unpaired) electrons. The third kappa shape index (κ3) is 1.77. The first-order valence-electron chi connectivity index (χ1n) is 3.98. The molecule has 0 saturated carbocycles. The van der Waals surface area contributed by atoms with E-state index in [1.165, 1.54) is 0 Å². The maximum Gasteiger partial charge on any atom is 0.218 e. The van der Waals surface area contributed by atoms with E-state index in [4.69, 9.17) is 4.89 Å². The molecule has 0 aliphatic carbocycles. The van der Waals surface area contributed by atoms with Crippen LogP contribution in [0.5, 0.6) is 0 Å². The molecule has 1 atom stereocenters. The van der Waals surface area contributed by atoms with Crippen molar-refractivity contribution >= 4 is 13.3 Å². The number of hydrogen-bond acceptors (Lipinski definition) is 1. The van der Waals surface area contributed by atoms with Crippen molar-refractivity contribution in [3.63, 3.8) is 0 Å². The second kappa shape index (κ2) is 3.88. The quantitative estimate of drug-likeness (QED) is 0.709. The van der Waals surface area contributed by atoms with Crippen LogP contribution in [-0.4, -0.2) is 4.89 Å². The van der Waals surface area contributed by atoms with Gasteiger partial charge in [0.05, 0.1) is 0 Å². The highest BCUT2D eigenvalue weighted by Crippen LogP contribution is 2.18. The van der Waals surface area contributed by atoms with E-state index in [1.54, 1.807) is 6.07 Å². The van der Waals surface area contributed by atoms with Gasteiger partial charge in [-0.05, 0) is 30.5 Å². The second-order valence-corrected chi connectivity index (χ2v) is 3.90. The minimum absolute atomic E-state index is 0.597. The van der Waals surface area contributed by atoms with E-state index in [-0.39, 0.29) is 0 Å². The smallest absolute Gasteiger partial charge is 0.218 e. The van der Waals surface area contributed by atoms with Crippen LogP contribution in [0.25, 0.3) is 0 Å². The molecule has 0 bridgehead atoms. The van der Waals surface area contributed by atoms with E-state index in [2.05, 4.69) is 0 Å². The highest BCUT2D eigenvalue weighted by Gasteiger charge is 2.05. The monoisotopic (exact) mass is 184 g/mol. The van der Waals surface area contributed by atoms with E-state index in [0.29, 0.717) is 5.30 Å². The molecule has 0 fully saturated rings. The van der Waals surface area contributed by atoms with Gasteiger partial charge in [-0.15, -0.1) is 0 Å². The standard InChI is InChI=1S/C9H13O2P/c1-3-8-5-4-6-9(7(8)2)12(10)11/h4-6,12H,3H2,1-2H3,(H,10,11). The zero-order chi connectivity index (χ0) is 9.14. The zero-order valence-electron chi connectivity index (χ0n) is 7.29. The number of aryl methyl sites for hydroxylation is 1. The summed E-state index contributed by atoms with van der Waals surface area (Å²) in [5.41, 5.74) is 2.12. The third-order valence-corrected chi connectivity index (χ3v) is 3.06. The Morgan fingerprint density at radius 3 is 2.67 bits per heavy atom. The van der Waals surface area contributed by atoms with Crippen LogP contribution < -0.4 is 5.30 Å². The lowest BCUT2D eigenvalue weighted by molar-refractivity contribution is 0.513. The Morgan fingerprint density at radius 2 is 2.17 bits per heavy atom. The molecule has 2 nitrogen and oxygen atoms in total. The molecule has 0 amide bonds. The SMILES string of the molecule is CCc1cccc([PH](=O)O)c1C. The van der Waals surface area contributed by atoms with Crippen molar-refractivity contribution in [1.82, 2.24) is 0 Å². The minimum Gasteiger partial charge on any atom is -0.343 e. The molecule has 0 spiro atoms. The van der Waals surface area contributed by atoms with E-state index >= 15 is 0 Å². The predicted molar refractivity (Wildman–Crippen MR) is 51.4 cm³/mol. The highest BCUT2D eigenvalue weighted by atomic mass is 31.1. The Bertz CT molecular complexity index is 307. The molecule has 0 aromatic heterocycles. The Morgan fingerprint density at radius 1 is 1.50 bits per heavy atom. The molecule has 0 saturated heterocycles. The van der Waals surface area contributed by atoms with Crippen molar-refractivity contribution in [1.29, 1.82) is 0 Å². The fourth-order valence-corrected chi connectivity index (χ4v) is 2.02. The third-order valence-electron chi connectivity index (χ3n) is 2.06. The highest BCUT2D eigenvalue weighted by molar-refractivity contribution is 7.47. The van der Waals surface area contributed by atoms with Gasteiger partial charge in [0.25, 0.3) is 0 Å². The first-order valence-corrected chi connectivity index (χ1v) is 5.34. The summed E-state index contributed by atoms with van der Waals surface area (Å²) in [6.07, 6.45) is 0.912. The maximum absolute atomic E-state index is 10.9. The lowest BCUT2D eigenvalue weighted by atomic mass is 10.1. The van der Waals surface area contributed by atoms with Crippen molar-refractivity contribution in [2.45, 2.75) is 20.3 Å². The summed E-state index contributed by atoms with van der Waals surface area (Å²) in [4.78, 5) is 8.97. The van der Waals surface area contributed by atoms with E-state index in [9.17, 15) is 4.57 Å². The van der Waals surface area contributed by atoms with Gasteiger partial charge in [-0.1, -0.05) is 19.1 Å². The van der Waals surface area contributed by atoms with Crippen molar-refractivity contribution < 1.29 is 9.46 Å². The molecule has 0 heterocycles. The van der Waals surface area contributed by atoms with Crippen molar-refractivity contribution in [3.8, 4) is 0 Å². The maximum atomic E-state index is 10.9. The summed E-state index contributed by atoms with van der Waals surface area (Å²) >= 11 is 0. The number of hydrogen-bond donors (Lipinski definition) is 1. The average molecular weight is 184 g/mol. The second-order valence-electron chi connectivity index (χ2n) is 2.75. The summed E-state index contributed by atoms with van der Waals surface area (Å²) in [6, 6.07) is 5.54. The molecule has 1 aromatic rings. The number of benzene rings is 1. The Labute approximate surface area is 73.1 Å². The van der Waals surface area contributed by atoms with Crippen LogP contribution in [0.2, 0.25) is 0 Å². The molecular weight excluding hydrogens is 171 g/mol. The predicted octanol–water partition coefficient (Wildman–Crippen LogP) is 1.65. The van der Waals surface area contributed by atoms with Gasteiger partial charge in [-0.2, -0.15) is 0 Å². The van der Waals surface area contributed by atoms with Gasteiger partial charge in [0.2, 0.25) is 8.03 Å². The molecule has 0 aliphatic heterocycles. The fraction of sp³-hybridized carbons (Fsp3) is 0.333. The Balaban J connectivity index is 3.23. The van der Waals surface area contributed by atoms with Crippen LogP contribution >= 0.6 is 8.03 Å². The van der Waals surface area contributed by atoms with Gasteiger partial charge in [0.1, 0.15) is 0 Å². The van der Waals surface area contributed by atoms with E-state index < -0.39 is 8.03 Å². The van der Waals surface area contributed by atoms with E-state index in [0.717, 1.165) is 17.5 Å². The van der Waals surface area contributed by atoms with Gasteiger partial charge in [0, 0.05) is 5.30 Å². The largest absolute Gasteiger partial charge is 0.343 e. The first kappa shape index (κ1) is 9.50. The Kier molecular flexibility index (Phi) is 3.07. The van der Waals surface area contributed by atoms with Crippen LogP contribution in [0.3, 0.4) is 0 Å². The first-order chi connectivity index (χ1) is 5.66. The van der Waals surface area contributed by atoms with Gasteiger partial charge in [-0.3, -0.25) is 4.57 Å². The van der Waals surface area contributed by atoms with Crippen LogP contribution in [0.4, 0.5) is 0 Å². The summed E-state index contributed by atoms with van der Waals surface area (Å²) in [6.45, 7) is 3.94. The molecular formula is C9H13O2P. The molecule has 66 valence electrons. The molecule has 12 heavy (non-hydrogen) atoms. The normalized spacial score (nSPS) is 12.9.